The summed E-state index contributed by atoms with van der Waals surface area (Å²) < 4.78 is 0. The lowest BCUT2D eigenvalue weighted by Crippen LogP contribution is -2.37. The van der Waals surface area contributed by atoms with Gasteiger partial charge in [0.05, 0.1) is 11.8 Å². The van der Waals surface area contributed by atoms with Crippen LogP contribution in [0.4, 0.5) is 5.69 Å². The number of fused-ring (bicyclic) bond motifs is 1. The summed E-state index contributed by atoms with van der Waals surface area (Å²) in [5.74, 6) is -1.84. The van der Waals surface area contributed by atoms with Crippen LogP contribution < -0.4 is 4.90 Å². The third-order valence-electron chi connectivity index (χ3n) is 4.74. The Bertz CT molecular complexity index is 579. The molecule has 1 aromatic carbocycles. The zero-order valence-corrected chi connectivity index (χ0v) is 11.8. The number of carboxylic acid groups (broad SMARTS) is 1. The molecule has 1 amide bonds. The van der Waals surface area contributed by atoms with Gasteiger partial charge < -0.3 is 10.0 Å². The molecule has 4 nitrogen and oxygen atoms in total. The second-order valence-corrected chi connectivity index (χ2v) is 6.34. The molecule has 1 aliphatic heterocycles. The van der Waals surface area contributed by atoms with E-state index in [1.807, 2.05) is 38.1 Å². The maximum Gasteiger partial charge on any atom is 0.307 e. The summed E-state index contributed by atoms with van der Waals surface area (Å²) >= 11 is 0. The van der Waals surface area contributed by atoms with E-state index in [0.717, 1.165) is 18.5 Å². The van der Waals surface area contributed by atoms with Gasteiger partial charge >= 0.3 is 5.97 Å². The summed E-state index contributed by atoms with van der Waals surface area (Å²) in [7, 11) is 0. The van der Waals surface area contributed by atoms with Crippen LogP contribution in [0.2, 0.25) is 0 Å². The van der Waals surface area contributed by atoms with E-state index in [1.54, 1.807) is 4.90 Å². The van der Waals surface area contributed by atoms with Crippen LogP contribution in [-0.2, 0) is 16.0 Å². The standard InChI is InChI=1S/C16H19NO3/c1-16(2)12(13(16)15(19)20)14(18)17-9-5-7-10-6-3-4-8-11(10)17/h3-4,6,8,12-13H,5,7,9H2,1-2H3,(H,19,20). The van der Waals surface area contributed by atoms with Crippen LogP contribution in [0.5, 0.6) is 0 Å². The summed E-state index contributed by atoms with van der Waals surface area (Å²) in [6.07, 6.45) is 1.92. The first-order valence-corrected chi connectivity index (χ1v) is 7.06. The van der Waals surface area contributed by atoms with Crippen molar-refractivity contribution in [2.24, 2.45) is 17.3 Å². The van der Waals surface area contributed by atoms with Gasteiger partial charge in [-0.05, 0) is 29.9 Å². The number of para-hydroxylation sites is 1. The first kappa shape index (κ1) is 13.2. The Morgan fingerprint density at radius 3 is 2.60 bits per heavy atom. The summed E-state index contributed by atoms with van der Waals surface area (Å²) in [4.78, 5) is 25.8. The molecule has 2 atom stereocenters. The van der Waals surface area contributed by atoms with E-state index in [9.17, 15) is 14.7 Å². The molecule has 1 aromatic rings. The summed E-state index contributed by atoms with van der Waals surface area (Å²) in [6.45, 7) is 4.42. The molecule has 1 fully saturated rings. The number of aryl methyl sites for hydroxylation is 1. The van der Waals surface area contributed by atoms with E-state index in [4.69, 9.17) is 0 Å². The lowest BCUT2D eigenvalue weighted by molar-refractivity contribution is -0.140. The Kier molecular flexibility index (Phi) is 2.85. The van der Waals surface area contributed by atoms with Crippen molar-refractivity contribution in [3.63, 3.8) is 0 Å². The number of benzene rings is 1. The van der Waals surface area contributed by atoms with Gasteiger partial charge in [-0.15, -0.1) is 0 Å². The highest BCUT2D eigenvalue weighted by Crippen LogP contribution is 2.59. The van der Waals surface area contributed by atoms with Gasteiger partial charge in [0, 0.05) is 12.2 Å². The number of hydrogen-bond acceptors (Lipinski definition) is 2. The largest absolute Gasteiger partial charge is 0.481 e. The molecule has 0 spiro atoms. The van der Waals surface area contributed by atoms with E-state index in [0.29, 0.717) is 6.54 Å². The number of carboxylic acids is 1. The van der Waals surface area contributed by atoms with E-state index < -0.39 is 23.2 Å². The molecule has 1 aliphatic carbocycles. The van der Waals surface area contributed by atoms with Crippen molar-refractivity contribution in [3.8, 4) is 0 Å². The minimum atomic E-state index is -0.862. The molecule has 0 bridgehead atoms. The number of amides is 1. The molecule has 20 heavy (non-hydrogen) atoms. The lowest BCUT2D eigenvalue weighted by atomic mass is 10.0. The number of rotatable bonds is 2. The van der Waals surface area contributed by atoms with Crippen LogP contribution >= 0.6 is 0 Å². The minimum Gasteiger partial charge on any atom is -0.481 e. The average molecular weight is 273 g/mol. The first-order chi connectivity index (χ1) is 9.44. The molecule has 2 aliphatic rings. The summed E-state index contributed by atoms with van der Waals surface area (Å²) in [5.41, 5.74) is 1.70. The van der Waals surface area contributed by atoms with Crippen molar-refractivity contribution in [3.05, 3.63) is 29.8 Å². The van der Waals surface area contributed by atoms with E-state index in [-0.39, 0.29) is 5.91 Å². The number of carbonyl (C=O) groups is 2. The van der Waals surface area contributed by atoms with Gasteiger partial charge in [-0.3, -0.25) is 9.59 Å². The SMILES string of the molecule is CC1(C)C(C(=O)O)C1C(=O)N1CCCc2ccccc21. The monoisotopic (exact) mass is 273 g/mol. The highest BCUT2D eigenvalue weighted by molar-refractivity contribution is 6.02. The highest BCUT2D eigenvalue weighted by atomic mass is 16.4. The summed E-state index contributed by atoms with van der Waals surface area (Å²) in [5, 5.41) is 9.23. The van der Waals surface area contributed by atoms with Crippen molar-refractivity contribution < 1.29 is 14.7 Å². The van der Waals surface area contributed by atoms with Crippen molar-refractivity contribution in [1.29, 1.82) is 0 Å². The third kappa shape index (κ3) is 1.82. The van der Waals surface area contributed by atoms with Crippen molar-refractivity contribution in [1.82, 2.24) is 0 Å². The smallest absolute Gasteiger partial charge is 0.307 e. The van der Waals surface area contributed by atoms with Gasteiger partial charge in [-0.25, -0.2) is 0 Å². The van der Waals surface area contributed by atoms with E-state index in [1.165, 1.54) is 5.56 Å². The molecule has 1 saturated carbocycles. The highest BCUT2D eigenvalue weighted by Gasteiger charge is 2.66. The zero-order valence-electron chi connectivity index (χ0n) is 11.8. The van der Waals surface area contributed by atoms with Crippen LogP contribution in [0.1, 0.15) is 25.8 Å². The van der Waals surface area contributed by atoms with Gasteiger partial charge in [0.25, 0.3) is 0 Å². The summed E-state index contributed by atoms with van der Waals surface area (Å²) in [6, 6.07) is 7.91. The predicted molar refractivity (Wildman–Crippen MR) is 75.5 cm³/mol. The lowest BCUT2D eigenvalue weighted by Gasteiger charge is -2.30. The van der Waals surface area contributed by atoms with Gasteiger partial charge in [0.2, 0.25) is 5.91 Å². The number of anilines is 1. The molecule has 3 rings (SSSR count). The quantitative estimate of drug-likeness (QED) is 0.899. The van der Waals surface area contributed by atoms with Gasteiger partial charge in [-0.2, -0.15) is 0 Å². The Balaban J connectivity index is 1.89. The molecule has 0 saturated heterocycles. The fraction of sp³-hybridized carbons (Fsp3) is 0.500. The molecule has 106 valence electrons. The van der Waals surface area contributed by atoms with E-state index in [2.05, 4.69) is 0 Å². The molecule has 4 heteroatoms. The molecule has 0 radical (unpaired) electrons. The molecular weight excluding hydrogens is 254 g/mol. The number of hydrogen-bond donors (Lipinski definition) is 1. The molecule has 2 unspecified atom stereocenters. The Labute approximate surface area is 118 Å². The topological polar surface area (TPSA) is 57.6 Å². The fourth-order valence-electron chi connectivity index (χ4n) is 3.49. The Morgan fingerprint density at radius 1 is 1.25 bits per heavy atom. The normalized spacial score (nSPS) is 26.8. The van der Waals surface area contributed by atoms with Crippen LogP contribution in [0.3, 0.4) is 0 Å². The van der Waals surface area contributed by atoms with Crippen LogP contribution in [0.15, 0.2) is 24.3 Å². The molecule has 0 aromatic heterocycles. The minimum absolute atomic E-state index is 0.0328. The van der Waals surface area contributed by atoms with Crippen LogP contribution in [-0.4, -0.2) is 23.5 Å². The van der Waals surface area contributed by atoms with E-state index >= 15 is 0 Å². The van der Waals surface area contributed by atoms with Crippen molar-refractivity contribution >= 4 is 17.6 Å². The molecular formula is C16H19NO3. The Morgan fingerprint density at radius 2 is 1.95 bits per heavy atom. The second kappa shape index (κ2) is 4.33. The number of nitrogens with zero attached hydrogens (tertiary/aromatic N) is 1. The van der Waals surface area contributed by atoms with Crippen LogP contribution in [0.25, 0.3) is 0 Å². The van der Waals surface area contributed by atoms with Gasteiger partial charge in [0.1, 0.15) is 0 Å². The zero-order chi connectivity index (χ0) is 14.5. The fourth-order valence-corrected chi connectivity index (χ4v) is 3.49. The third-order valence-corrected chi connectivity index (χ3v) is 4.74. The molecule has 1 N–H and O–H groups in total. The number of carbonyl (C=O) groups excluding carboxylic acids is 1. The first-order valence-electron chi connectivity index (χ1n) is 7.06. The maximum absolute atomic E-state index is 12.7. The Hall–Kier alpha value is -1.84. The van der Waals surface area contributed by atoms with Crippen molar-refractivity contribution in [2.45, 2.75) is 26.7 Å². The predicted octanol–water partition coefficient (Wildman–Crippen LogP) is 2.32. The van der Waals surface area contributed by atoms with Gasteiger partial charge in [-0.1, -0.05) is 32.0 Å². The van der Waals surface area contributed by atoms with Crippen LogP contribution in [0, 0.1) is 17.3 Å². The van der Waals surface area contributed by atoms with Gasteiger partial charge in [0.15, 0.2) is 0 Å². The van der Waals surface area contributed by atoms with Crippen molar-refractivity contribution in [2.75, 3.05) is 11.4 Å². The second-order valence-electron chi connectivity index (χ2n) is 6.34. The number of aliphatic carboxylic acids is 1. The average Bonchev–Trinajstić information content (AvgIpc) is 3.00. The molecule has 1 heterocycles. The maximum atomic E-state index is 12.7.